The van der Waals surface area contributed by atoms with Crippen molar-refractivity contribution in [2.24, 2.45) is 0 Å². The molecular formula is C21H31ClO2. The van der Waals surface area contributed by atoms with Gasteiger partial charge in [0.2, 0.25) is 0 Å². The maximum atomic E-state index is 11.2. The maximum absolute atomic E-state index is 11.2. The molecule has 1 aliphatic heterocycles. The number of benzene rings is 1. The molecule has 3 heteroatoms. The van der Waals surface area contributed by atoms with E-state index in [1.807, 2.05) is 12.1 Å². The number of unbranched alkanes of at least 4 members (excludes halogenated alkanes) is 8. The van der Waals surface area contributed by atoms with E-state index in [9.17, 15) is 4.79 Å². The van der Waals surface area contributed by atoms with E-state index in [1.165, 1.54) is 57.8 Å². The van der Waals surface area contributed by atoms with E-state index >= 15 is 0 Å². The van der Waals surface area contributed by atoms with Gasteiger partial charge in [-0.1, -0.05) is 58.3 Å². The van der Waals surface area contributed by atoms with E-state index in [1.54, 1.807) is 6.07 Å². The minimum absolute atomic E-state index is 0.333. The average Bonchev–Trinajstić information content (AvgIpc) is 2.59. The van der Waals surface area contributed by atoms with E-state index in [2.05, 4.69) is 6.92 Å². The highest BCUT2D eigenvalue weighted by molar-refractivity contribution is 6.67. The predicted octanol–water partition coefficient (Wildman–Crippen LogP) is 6.68. The Morgan fingerprint density at radius 1 is 1.08 bits per heavy atom. The van der Waals surface area contributed by atoms with Crippen molar-refractivity contribution in [2.45, 2.75) is 90.1 Å². The minimum atomic E-state index is -0.394. The Hall–Kier alpha value is -1.02. The normalized spacial score (nSPS) is 16.5. The number of hydrogen-bond acceptors (Lipinski definition) is 2. The monoisotopic (exact) mass is 350 g/mol. The lowest BCUT2D eigenvalue weighted by Crippen LogP contribution is -2.22. The van der Waals surface area contributed by atoms with Gasteiger partial charge in [0.1, 0.15) is 5.75 Å². The smallest absolute Gasteiger partial charge is 0.252 e. The van der Waals surface area contributed by atoms with Crippen molar-refractivity contribution < 1.29 is 9.53 Å². The first-order valence-corrected chi connectivity index (χ1v) is 10.1. The number of carbonyl (C=O) groups excluding carboxylic acids is 1. The predicted molar refractivity (Wildman–Crippen MR) is 101 cm³/mol. The van der Waals surface area contributed by atoms with Crippen molar-refractivity contribution in [3.8, 4) is 5.75 Å². The lowest BCUT2D eigenvalue weighted by atomic mass is 9.97. The molecule has 0 aromatic heterocycles. The standard InChI is InChI=1S/C21H31ClO2/c1-2-3-4-5-6-7-8-9-10-11-19-14-12-17-16-18(21(22)23)13-15-20(17)24-19/h13,15-16,19H,2-12,14H2,1H3. The number of ether oxygens (including phenoxy) is 1. The first-order valence-electron chi connectivity index (χ1n) is 9.70. The zero-order valence-corrected chi connectivity index (χ0v) is 15.7. The summed E-state index contributed by atoms with van der Waals surface area (Å²) in [7, 11) is 0. The van der Waals surface area contributed by atoms with Crippen LogP contribution in [0.3, 0.4) is 0 Å². The summed E-state index contributed by atoms with van der Waals surface area (Å²) in [5, 5.41) is -0.394. The van der Waals surface area contributed by atoms with Crippen molar-refractivity contribution in [3.63, 3.8) is 0 Å². The molecule has 0 bridgehead atoms. The Balaban J connectivity index is 1.60. The second kappa shape index (κ2) is 10.8. The van der Waals surface area contributed by atoms with Crippen molar-refractivity contribution in [3.05, 3.63) is 29.3 Å². The molecule has 1 aromatic carbocycles. The van der Waals surface area contributed by atoms with E-state index in [-0.39, 0.29) is 0 Å². The van der Waals surface area contributed by atoms with Crippen molar-refractivity contribution >= 4 is 16.8 Å². The summed E-state index contributed by atoms with van der Waals surface area (Å²) < 4.78 is 6.08. The van der Waals surface area contributed by atoms with Crippen LogP contribution in [0.1, 0.15) is 93.5 Å². The summed E-state index contributed by atoms with van der Waals surface area (Å²) >= 11 is 5.54. The van der Waals surface area contributed by atoms with Gasteiger partial charge in [-0.15, -0.1) is 0 Å². The van der Waals surface area contributed by atoms with Gasteiger partial charge >= 0.3 is 0 Å². The molecule has 0 fully saturated rings. The van der Waals surface area contributed by atoms with Gasteiger partial charge in [-0.05, 0) is 61.0 Å². The van der Waals surface area contributed by atoms with Gasteiger partial charge in [-0.2, -0.15) is 0 Å². The molecule has 24 heavy (non-hydrogen) atoms. The Bertz CT molecular complexity index is 513. The maximum Gasteiger partial charge on any atom is 0.252 e. The largest absolute Gasteiger partial charge is 0.490 e. The van der Waals surface area contributed by atoms with Crippen LogP contribution in [0, 0.1) is 0 Å². The summed E-state index contributed by atoms with van der Waals surface area (Å²) in [4.78, 5) is 11.2. The van der Waals surface area contributed by atoms with Crippen LogP contribution in [-0.4, -0.2) is 11.3 Å². The molecule has 0 aliphatic carbocycles. The average molecular weight is 351 g/mol. The topological polar surface area (TPSA) is 26.3 Å². The van der Waals surface area contributed by atoms with E-state index < -0.39 is 5.24 Å². The van der Waals surface area contributed by atoms with Gasteiger partial charge < -0.3 is 4.74 Å². The molecule has 0 N–H and O–H groups in total. The van der Waals surface area contributed by atoms with Crippen LogP contribution in [0.15, 0.2) is 18.2 Å². The number of hydrogen-bond donors (Lipinski definition) is 0. The number of halogens is 1. The molecule has 2 rings (SSSR count). The van der Waals surface area contributed by atoms with Gasteiger partial charge in [0, 0.05) is 5.56 Å². The summed E-state index contributed by atoms with van der Waals surface area (Å²) in [5.74, 6) is 0.934. The van der Waals surface area contributed by atoms with E-state index in [4.69, 9.17) is 16.3 Å². The summed E-state index contributed by atoms with van der Waals surface area (Å²) in [6.45, 7) is 2.27. The summed E-state index contributed by atoms with van der Waals surface area (Å²) in [5.41, 5.74) is 1.68. The molecule has 134 valence electrons. The first kappa shape index (κ1) is 19.3. The molecule has 0 radical (unpaired) electrons. The van der Waals surface area contributed by atoms with Crippen LogP contribution in [0.4, 0.5) is 0 Å². The number of aryl methyl sites for hydroxylation is 1. The first-order chi connectivity index (χ1) is 11.7. The van der Waals surface area contributed by atoms with Crippen LogP contribution in [0.25, 0.3) is 0 Å². The van der Waals surface area contributed by atoms with Gasteiger partial charge in [-0.3, -0.25) is 4.79 Å². The number of rotatable bonds is 11. The molecule has 0 saturated carbocycles. The lowest BCUT2D eigenvalue weighted by molar-refractivity contribution is 0.108. The highest BCUT2D eigenvalue weighted by Gasteiger charge is 2.20. The molecule has 0 amide bonds. The highest BCUT2D eigenvalue weighted by atomic mass is 35.5. The molecule has 2 nitrogen and oxygen atoms in total. The SMILES string of the molecule is CCCCCCCCCCCC1CCc2cc(C(=O)Cl)ccc2O1. The minimum Gasteiger partial charge on any atom is -0.490 e. The van der Waals surface area contributed by atoms with Crippen LogP contribution < -0.4 is 4.74 Å². The summed E-state index contributed by atoms with van der Waals surface area (Å²) in [6.07, 6.45) is 15.7. The van der Waals surface area contributed by atoms with Crippen LogP contribution >= 0.6 is 11.6 Å². The van der Waals surface area contributed by atoms with Crippen molar-refractivity contribution in [1.29, 1.82) is 0 Å². The Labute approximate surface area is 151 Å². The zero-order chi connectivity index (χ0) is 17.2. The fraction of sp³-hybridized carbons (Fsp3) is 0.667. The molecule has 0 saturated heterocycles. The van der Waals surface area contributed by atoms with E-state index in [0.717, 1.165) is 30.6 Å². The fourth-order valence-electron chi connectivity index (χ4n) is 3.45. The van der Waals surface area contributed by atoms with Crippen LogP contribution in [0.2, 0.25) is 0 Å². The van der Waals surface area contributed by atoms with Gasteiger partial charge in [0.15, 0.2) is 0 Å². The number of fused-ring (bicyclic) bond motifs is 1. The second-order valence-electron chi connectivity index (χ2n) is 6.99. The second-order valence-corrected chi connectivity index (χ2v) is 7.34. The van der Waals surface area contributed by atoms with Crippen molar-refractivity contribution in [1.82, 2.24) is 0 Å². The third kappa shape index (κ3) is 6.47. The van der Waals surface area contributed by atoms with E-state index in [0.29, 0.717) is 11.7 Å². The van der Waals surface area contributed by atoms with Crippen LogP contribution in [0.5, 0.6) is 5.75 Å². The van der Waals surface area contributed by atoms with Crippen LogP contribution in [-0.2, 0) is 6.42 Å². The fourth-order valence-corrected chi connectivity index (χ4v) is 3.57. The molecule has 1 atom stereocenters. The zero-order valence-electron chi connectivity index (χ0n) is 15.0. The van der Waals surface area contributed by atoms with Gasteiger partial charge in [0.05, 0.1) is 6.10 Å². The van der Waals surface area contributed by atoms with Gasteiger partial charge in [-0.25, -0.2) is 0 Å². The van der Waals surface area contributed by atoms with Gasteiger partial charge in [0.25, 0.3) is 5.24 Å². The molecule has 1 aromatic rings. The molecule has 1 aliphatic rings. The molecular weight excluding hydrogens is 320 g/mol. The lowest BCUT2D eigenvalue weighted by Gasteiger charge is -2.26. The quantitative estimate of drug-likeness (QED) is 0.328. The Morgan fingerprint density at radius 3 is 2.42 bits per heavy atom. The molecule has 1 unspecified atom stereocenters. The highest BCUT2D eigenvalue weighted by Crippen LogP contribution is 2.30. The Kier molecular flexibility index (Phi) is 8.66. The third-order valence-electron chi connectivity index (χ3n) is 4.95. The Morgan fingerprint density at radius 2 is 1.75 bits per heavy atom. The molecule has 0 spiro atoms. The number of carbonyl (C=O) groups is 1. The third-order valence-corrected chi connectivity index (χ3v) is 5.16. The molecule has 1 heterocycles. The van der Waals surface area contributed by atoms with Crippen molar-refractivity contribution in [2.75, 3.05) is 0 Å². The summed E-state index contributed by atoms with van der Waals surface area (Å²) in [6, 6.07) is 5.53.